The number of rotatable bonds is 7. The molecule has 0 aliphatic carbocycles. The third-order valence-corrected chi connectivity index (χ3v) is 3.12. The van der Waals surface area contributed by atoms with Gasteiger partial charge in [0.25, 0.3) is 0 Å². The van der Waals surface area contributed by atoms with Gasteiger partial charge in [0.05, 0.1) is 19.1 Å². The fraction of sp³-hybridized carbons (Fsp3) is 0.917. The van der Waals surface area contributed by atoms with Gasteiger partial charge >= 0.3 is 0 Å². The summed E-state index contributed by atoms with van der Waals surface area (Å²) in [6, 6.07) is 0. The van der Waals surface area contributed by atoms with Crippen molar-refractivity contribution in [2.24, 2.45) is 5.92 Å². The Hall–Kier alpha value is -0.650. The molecule has 5 nitrogen and oxygen atoms in total. The van der Waals surface area contributed by atoms with Crippen molar-refractivity contribution < 1.29 is 14.6 Å². The van der Waals surface area contributed by atoms with Gasteiger partial charge in [-0.25, -0.2) is 0 Å². The molecule has 2 atom stereocenters. The maximum Gasteiger partial charge on any atom is 0.222 e. The molecule has 1 heterocycles. The van der Waals surface area contributed by atoms with Crippen molar-refractivity contribution in [2.75, 3.05) is 32.8 Å². The number of aliphatic hydroxyl groups excluding tert-OH is 1. The third kappa shape index (κ3) is 6.00. The lowest BCUT2D eigenvalue weighted by molar-refractivity contribution is -0.124. The van der Waals surface area contributed by atoms with E-state index >= 15 is 0 Å². The Labute approximate surface area is 103 Å². The van der Waals surface area contributed by atoms with Crippen LogP contribution in [0.3, 0.4) is 0 Å². The number of amides is 1. The molecule has 0 spiro atoms. The molecule has 1 amide bonds. The third-order valence-electron chi connectivity index (χ3n) is 3.12. The fourth-order valence-electron chi connectivity index (χ4n) is 1.92. The molecule has 0 bridgehead atoms. The quantitative estimate of drug-likeness (QED) is 0.584. The average Bonchev–Trinajstić information content (AvgIpc) is 2.35. The van der Waals surface area contributed by atoms with Crippen LogP contribution in [-0.2, 0) is 9.53 Å². The van der Waals surface area contributed by atoms with Crippen molar-refractivity contribution in [1.82, 2.24) is 10.6 Å². The Balaban J connectivity index is 2.14. The minimum atomic E-state index is 0.00154. The first-order chi connectivity index (χ1) is 8.26. The molecule has 0 radical (unpaired) electrons. The monoisotopic (exact) mass is 244 g/mol. The summed E-state index contributed by atoms with van der Waals surface area (Å²) in [5.74, 6) is 0.407. The maximum absolute atomic E-state index is 11.7. The van der Waals surface area contributed by atoms with Crippen molar-refractivity contribution in [1.29, 1.82) is 0 Å². The van der Waals surface area contributed by atoms with Gasteiger partial charge in [0.1, 0.15) is 0 Å². The minimum absolute atomic E-state index is 0.00154. The molecule has 17 heavy (non-hydrogen) atoms. The second-order valence-corrected chi connectivity index (χ2v) is 4.49. The highest BCUT2D eigenvalue weighted by Gasteiger charge is 2.17. The highest BCUT2D eigenvalue weighted by atomic mass is 16.5. The van der Waals surface area contributed by atoms with Gasteiger partial charge in [-0.05, 0) is 12.3 Å². The molecule has 100 valence electrons. The first kappa shape index (κ1) is 14.4. The molecular weight excluding hydrogens is 220 g/mol. The number of aliphatic hydroxyl groups is 1. The molecule has 2 unspecified atom stereocenters. The first-order valence-corrected chi connectivity index (χ1v) is 6.46. The van der Waals surface area contributed by atoms with Gasteiger partial charge in [0, 0.05) is 26.2 Å². The van der Waals surface area contributed by atoms with E-state index in [0.29, 0.717) is 25.5 Å². The highest BCUT2D eigenvalue weighted by molar-refractivity contribution is 5.76. The second-order valence-electron chi connectivity index (χ2n) is 4.49. The van der Waals surface area contributed by atoms with Crippen LogP contribution in [0.2, 0.25) is 0 Å². The van der Waals surface area contributed by atoms with Crippen LogP contribution in [-0.4, -0.2) is 50.0 Å². The Morgan fingerprint density at radius 1 is 1.65 bits per heavy atom. The summed E-state index contributed by atoms with van der Waals surface area (Å²) in [5, 5.41) is 15.0. The van der Waals surface area contributed by atoms with E-state index < -0.39 is 0 Å². The molecule has 1 saturated heterocycles. The summed E-state index contributed by atoms with van der Waals surface area (Å²) in [7, 11) is 0. The van der Waals surface area contributed by atoms with Crippen LogP contribution >= 0.6 is 0 Å². The highest BCUT2D eigenvalue weighted by Crippen LogP contribution is 2.06. The Morgan fingerprint density at radius 2 is 2.47 bits per heavy atom. The van der Waals surface area contributed by atoms with Gasteiger partial charge in [0.2, 0.25) is 5.91 Å². The predicted molar refractivity (Wildman–Crippen MR) is 65.7 cm³/mol. The van der Waals surface area contributed by atoms with Crippen molar-refractivity contribution in [2.45, 2.75) is 32.3 Å². The van der Waals surface area contributed by atoms with Gasteiger partial charge in [0.15, 0.2) is 0 Å². The fourth-order valence-corrected chi connectivity index (χ4v) is 1.92. The number of hydrogen-bond donors (Lipinski definition) is 3. The minimum Gasteiger partial charge on any atom is -0.396 e. The molecule has 1 aliphatic rings. The molecular formula is C12H24N2O3. The van der Waals surface area contributed by atoms with Crippen LogP contribution in [0.25, 0.3) is 0 Å². The molecule has 1 aliphatic heterocycles. The van der Waals surface area contributed by atoms with E-state index in [0.717, 1.165) is 25.9 Å². The molecule has 1 fully saturated rings. The van der Waals surface area contributed by atoms with Crippen LogP contribution in [0.15, 0.2) is 0 Å². The molecule has 1 rings (SSSR count). The normalized spacial score (nSPS) is 22.1. The zero-order valence-electron chi connectivity index (χ0n) is 10.6. The summed E-state index contributed by atoms with van der Waals surface area (Å²) in [6.45, 7) is 5.20. The van der Waals surface area contributed by atoms with Crippen LogP contribution in [0.4, 0.5) is 0 Å². The number of carbonyl (C=O) groups excluding carboxylic acids is 1. The van der Waals surface area contributed by atoms with Crippen molar-refractivity contribution in [3.8, 4) is 0 Å². The van der Waals surface area contributed by atoms with Crippen LogP contribution in [0.1, 0.15) is 26.2 Å². The van der Waals surface area contributed by atoms with E-state index in [2.05, 4.69) is 17.6 Å². The van der Waals surface area contributed by atoms with E-state index in [1.807, 2.05) is 0 Å². The van der Waals surface area contributed by atoms with Crippen molar-refractivity contribution >= 4 is 5.91 Å². The number of hydrogen-bond acceptors (Lipinski definition) is 4. The smallest absolute Gasteiger partial charge is 0.222 e. The standard InChI is InChI=1S/C12H24N2O3/c1-2-10(3-5-15)8-14-12(16)7-11-9-13-4-6-17-11/h10-11,13,15H,2-9H2,1H3,(H,14,16). The molecule has 5 heteroatoms. The van der Waals surface area contributed by atoms with E-state index in [-0.39, 0.29) is 18.6 Å². The summed E-state index contributed by atoms with van der Waals surface area (Å²) in [4.78, 5) is 11.7. The summed E-state index contributed by atoms with van der Waals surface area (Å²) >= 11 is 0. The topological polar surface area (TPSA) is 70.6 Å². The van der Waals surface area contributed by atoms with E-state index in [4.69, 9.17) is 9.84 Å². The number of carbonyl (C=O) groups is 1. The number of morpholine rings is 1. The number of ether oxygens (including phenoxy) is 1. The predicted octanol–water partition coefficient (Wildman–Crippen LogP) is -0.110. The first-order valence-electron chi connectivity index (χ1n) is 6.46. The average molecular weight is 244 g/mol. The van der Waals surface area contributed by atoms with Crippen LogP contribution in [0, 0.1) is 5.92 Å². The Bertz CT molecular complexity index is 218. The lowest BCUT2D eigenvalue weighted by Gasteiger charge is -2.23. The zero-order valence-corrected chi connectivity index (χ0v) is 10.6. The zero-order chi connectivity index (χ0) is 12.5. The van der Waals surface area contributed by atoms with E-state index in [1.54, 1.807) is 0 Å². The molecule has 0 aromatic rings. The molecule has 0 aromatic heterocycles. The lowest BCUT2D eigenvalue weighted by atomic mass is 10.0. The maximum atomic E-state index is 11.7. The SMILES string of the molecule is CCC(CCO)CNC(=O)CC1CNCCO1. The second kappa shape index (κ2) is 8.44. The van der Waals surface area contributed by atoms with Gasteiger partial charge in [-0.3, -0.25) is 4.79 Å². The number of nitrogens with one attached hydrogen (secondary N) is 2. The van der Waals surface area contributed by atoms with Gasteiger partial charge in [-0.1, -0.05) is 13.3 Å². The summed E-state index contributed by atoms with van der Waals surface area (Å²) < 4.78 is 5.47. The van der Waals surface area contributed by atoms with Crippen molar-refractivity contribution in [3.63, 3.8) is 0 Å². The van der Waals surface area contributed by atoms with Gasteiger partial charge in [-0.2, -0.15) is 0 Å². The van der Waals surface area contributed by atoms with E-state index in [9.17, 15) is 4.79 Å². The van der Waals surface area contributed by atoms with Crippen LogP contribution in [0.5, 0.6) is 0 Å². The van der Waals surface area contributed by atoms with Crippen molar-refractivity contribution in [3.05, 3.63) is 0 Å². The Kier molecular flexibility index (Phi) is 7.16. The molecule has 3 N–H and O–H groups in total. The largest absolute Gasteiger partial charge is 0.396 e. The van der Waals surface area contributed by atoms with E-state index in [1.165, 1.54) is 0 Å². The molecule has 0 aromatic carbocycles. The van der Waals surface area contributed by atoms with Gasteiger partial charge < -0.3 is 20.5 Å². The molecule has 0 saturated carbocycles. The van der Waals surface area contributed by atoms with Gasteiger partial charge in [-0.15, -0.1) is 0 Å². The summed E-state index contributed by atoms with van der Waals surface area (Å²) in [5.41, 5.74) is 0. The lowest BCUT2D eigenvalue weighted by Crippen LogP contribution is -2.42. The van der Waals surface area contributed by atoms with Crippen LogP contribution < -0.4 is 10.6 Å². The summed E-state index contributed by atoms with van der Waals surface area (Å²) in [6.07, 6.45) is 2.14. The Morgan fingerprint density at radius 3 is 3.06 bits per heavy atom.